The molecule has 4 saturated heterocycles. The van der Waals surface area contributed by atoms with Crippen LogP contribution in [0.2, 0.25) is 0 Å². The van der Waals surface area contributed by atoms with Crippen LogP contribution < -0.4 is 0 Å². The lowest BCUT2D eigenvalue weighted by Crippen LogP contribution is -2.66. The van der Waals surface area contributed by atoms with Gasteiger partial charge in [-0.15, -0.1) is 0 Å². The van der Waals surface area contributed by atoms with Crippen molar-refractivity contribution in [2.75, 3.05) is 19.8 Å². The monoisotopic (exact) mass is 1080 g/mol. The van der Waals surface area contributed by atoms with E-state index in [0.717, 1.165) is 38.2 Å². The van der Waals surface area contributed by atoms with Crippen LogP contribution in [-0.4, -0.2) is 211 Å². The fourth-order valence-corrected chi connectivity index (χ4v) is 15.9. The number of aliphatic hydroxyl groups is 11. The summed E-state index contributed by atoms with van der Waals surface area (Å²) in [7, 11) is 0. The Balaban J connectivity index is 0.888. The maximum absolute atomic E-state index is 15.0. The van der Waals surface area contributed by atoms with Gasteiger partial charge in [0.15, 0.2) is 18.9 Å². The Morgan fingerprint density at radius 2 is 1.33 bits per heavy atom. The number of allylic oxidation sites excluding steroid dienone is 3. The molecule has 11 N–H and O–H groups in total. The molecule has 22 nitrogen and oxygen atoms in total. The van der Waals surface area contributed by atoms with Gasteiger partial charge >= 0.3 is 11.9 Å². The lowest BCUT2D eigenvalue weighted by molar-refractivity contribution is -0.361. The highest BCUT2D eigenvalue weighted by Gasteiger charge is 2.70. The molecular weight excluding hydrogens is 1000 g/mol. The van der Waals surface area contributed by atoms with Gasteiger partial charge in [0.25, 0.3) is 0 Å². The van der Waals surface area contributed by atoms with E-state index in [0.29, 0.717) is 38.5 Å². The van der Waals surface area contributed by atoms with Gasteiger partial charge in [-0.2, -0.15) is 0 Å². The lowest BCUT2D eigenvalue weighted by atomic mass is 9.34. The smallest absolute Gasteiger partial charge is 0.315 e. The first kappa shape index (κ1) is 58.4. The topological polar surface area (TPSA) is 340 Å². The van der Waals surface area contributed by atoms with Crippen LogP contribution in [0.1, 0.15) is 113 Å². The Kier molecular flexibility index (Phi) is 16.5. The number of hydrogen-bond donors (Lipinski definition) is 11. The van der Waals surface area contributed by atoms with Crippen LogP contribution in [0.5, 0.6) is 0 Å². The second-order valence-electron chi connectivity index (χ2n) is 25.1. The van der Waals surface area contributed by atoms with Crippen molar-refractivity contribution >= 4 is 11.9 Å². The molecule has 22 heteroatoms. The minimum atomic E-state index is -1.90. The Hall–Kier alpha value is -2.30. The predicted molar refractivity (Wildman–Crippen MR) is 260 cm³/mol. The summed E-state index contributed by atoms with van der Waals surface area (Å²) in [6, 6.07) is 0. The van der Waals surface area contributed by atoms with Gasteiger partial charge < -0.3 is 98.8 Å². The van der Waals surface area contributed by atoms with Crippen LogP contribution in [0.25, 0.3) is 0 Å². The zero-order valence-corrected chi connectivity index (χ0v) is 44.7. The summed E-state index contributed by atoms with van der Waals surface area (Å²) < 4.78 is 52.5. The normalized spacial score (nSPS) is 52.2. The van der Waals surface area contributed by atoms with Crippen LogP contribution >= 0.6 is 0 Å². The molecule has 0 aromatic carbocycles. The van der Waals surface area contributed by atoms with Crippen molar-refractivity contribution in [3.05, 3.63) is 23.8 Å². The number of fused-ring (bicyclic) bond motifs is 7. The third kappa shape index (κ3) is 9.75. The number of aliphatic hydroxyl groups excluding tert-OH is 11. The standard InChI is InChI=1S/C54H84O22/c1-23-11-16-54(18-17-52(7)26(27(54)19-23)9-10-32-51(6)14-13-33(50(4,5)31(51)12-15-53(32,52)8)74-46-40(63)35(58)28(56)20-69-46)49(67)76-48-42(65)38(61)36(59)29(72-48)21-70-45-43(66)39(62)44(30(73-45)22-68-25(3)55)75-47-41(64)37(60)34(57)24(2)71-47/h9,24,27-48,56-66H,1,10-22H2,2-8H3. The SMILES string of the molecule is C=C1CCC2(C(=O)OC3OC(COC4OC(COC(C)=O)C(OC5OC(C)C(O)C(O)C5O)C(O)C4O)C(O)C(O)C3O)CCC3(C)C(=CCC4C5(C)CCC(OC6OCC(O)C(O)C6O)C(C)(C)C5CCC43C)C2C1. The van der Waals surface area contributed by atoms with Gasteiger partial charge in [-0.3, -0.25) is 9.59 Å². The van der Waals surface area contributed by atoms with Crippen molar-refractivity contribution in [3.8, 4) is 0 Å². The summed E-state index contributed by atoms with van der Waals surface area (Å²) in [5, 5.41) is 119. The minimum Gasteiger partial charge on any atom is -0.463 e. The fraction of sp³-hybridized carbons (Fsp3) is 0.889. The summed E-state index contributed by atoms with van der Waals surface area (Å²) in [5.41, 5.74) is 0.268. The molecule has 0 aromatic heterocycles. The predicted octanol–water partition coefficient (Wildman–Crippen LogP) is -0.268. The molecule has 9 aliphatic rings. The van der Waals surface area contributed by atoms with Crippen molar-refractivity contribution < 1.29 is 108 Å². The van der Waals surface area contributed by atoms with E-state index in [-0.39, 0.29) is 52.1 Å². The van der Waals surface area contributed by atoms with Gasteiger partial charge in [0, 0.05) is 12.8 Å². The van der Waals surface area contributed by atoms with Crippen LogP contribution in [0.15, 0.2) is 23.8 Å². The van der Waals surface area contributed by atoms with E-state index < -0.39 is 147 Å². The molecule has 432 valence electrons. The maximum atomic E-state index is 15.0. The maximum Gasteiger partial charge on any atom is 0.315 e. The van der Waals surface area contributed by atoms with Crippen molar-refractivity contribution in [3.63, 3.8) is 0 Å². The van der Waals surface area contributed by atoms with E-state index in [1.54, 1.807) is 0 Å². The molecule has 4 saturated carbocycles. The quantitative estimate of drug-likeness (QED) is 0.0721. The van der Waals surface area contributed by atoms with Crippen molar-refractivity contribution in [2.24, 2.45) is 44.8 Å². The van der Waals surface area contributed by atoms with Gasteiger partial charge in [-0.1, -0.05) is 58.4 Å². The van der Waals surface area contributed by atoms with E-state index in [1.165, 1.54) is 12.5 Å². The first-order valence-electron chi connectivity index (χ1n) is 27.3. The van der Waals surface area contributed by atoms with Gasteiger partial charge in [0.05, 0.1) is 30.8 Å². The molecule has 0 amide bonds. The molecule has 0 spiro atoms. The van der Waals surface area contributed by atoms with Gasteiger partial charge in [0.1, 0.15) is 92.1 Å². The molecule has 4 heterocycles. The van der Waals surface area contributed by atoms with Crippen LogP contribution in [0, 0.1) is 44.8 Å². The third-order valence-corrected chi connectivity index (χ3v) is 20.7. The molecule has 76 heavy (non-hydrogen) atoms. The highest BCUT2D eigenvalue weighted by molar-refractivity contribution is 5.79. The number of ether oxygens (including phenoxy) is 9. The molecule has 27 unspecified atom stereocenters. The minimum absolute atomic E-state index is 0.0962. The number of carbonyl (C=O) groups excluding carboxylic acids is 2. The molecule has 0 aromatic rings. The van der Waals surface area contributed by atoms with E-state index in [4.69, 9.17) is 42.6 Å². The Bertz CT molecular complexity index is 2160. The molecule has 4 aliphatic heterocycles. The largest absolute Gasteiger partial charge is 0.463 e. The number of esters is 2. The summed E-state index contributed by atoms with van der Waals surface area (Å²) in [5.74, 6) is -1.10. The second kappa shape index (κ2) is 21.5. The van der Waals surface area contributed by atoms with Gasteiger partial charge in [-0.25, -0.2) is 0 Å². The van der Waals surface area contributed by atoms with Crippen molar-refractivity contribution in [2.45, 2.75) is 235 Å². The van der Waals surface area contributed by atoms with Crippen LogP contribution in [0.3, 0.4) is 0 Å². The molecular formula is C54H84O22. The van der Waals surface area contributed by atoms with Crippen LogP contribution in [0.4, 0.5) is 0 Å². The molecule has 8 fully saturated rings. The second-order valence-corrected chi connectivity index (χ2v) is 25.1. The fourth-order valence-electron chi connectivity index (χ4n) is 15.9. The highest BCUT2D eigenvalue weighted by Crippen LogP contribution is 2.75. The summed E-state index contributed by atoms with van der Waals surface area (Å²) >= 11 is 0. The van der Waals surface area contributed by atoms with Crippen molar-refractivity contribution in [1.82, 2.24) is 0 Å². The van der Waals surface area contributed by atoms with E-state index in [2.05, 4.69) is 47.3 Å². The average molecular weight is 1090 g/mol. The van der Waals surface area contributed by atoms with Crippen LogP contribution in [-0.2, 0) is 52.2 Å². The Morgan fingerprint density at radius 3 is 2.04 bits per heavy atom. The average Bonchev–Trinajstić information content (AvgIpc) is 3.56. The zero-order chi connectivity index (χ0) is 55.4. The molecule has 0 bridgehead atoms. The highest BCUT2D eigenvalue weighted by atomic mass is 16.8. The Morgan fingerprint density at radius 1 is 0.671 bits per heavy atom. The number of rotatable bonds is 11. The summed E-state index contributed by atoms with van der Waals surface area (Å²) in [6.45, 7) is 17.3. The number of hydrogen-bond acceptors (Lipinski definition) is 22. The third-order valence-electron chi connectivity index (χ3n) is 20.7. The van der Waals surface area contributed by atoms with Gasteiger partial charge in [-0.05, 0) is 105 Å². The molecule has 5 aliphatic carbocycles. The molecule has 0 radical (unpaired) electrons. The van der Waals surface area contributed by atoms with Gasteiger partial charge in [0.2, 0.25) is 6.29 Å². The molecule has 27 atom stereocenters. The number of carbonyl (C=O) groups is 2. The lowest BCUT2D eigenvalue weighted by Gasteiger charge is -2.71. The zero-order valence-electron chi connectivity index (χ0n) is 44.7. The first-order chi connectivity index (χ1) is 35.6. The Labute approximate surface area is 443 Å². The van der Waals surface area contributed by atoms with E-state index >= 15 is 4.79 Å². The van der Waals surface area contributed by atoms with E-state index in [9.17, 15) is 61.0 Å². The summed E-state index contributed by atoms with van der Waals surface area (Å²) in [4.78, 5) is 26.9. The molecule has 9 rings (SSSR count). The first-order valence-corrected chi connectivity index (χ1v) is 27.3. The van der Waals surface area contributed by atoms with E-state index in [1.807, 2.05) is 0 Å². The van der Waals surface area contributed by atoms with Crippen molar-refractivity contribution in [1.29, 1.82) is 0 Å². The summed E-state index contributed by atoms with van der Waals surface area (Å²) in [6.07, 6.45) is -20.8.